The van der Waals surface area contributed by atoms with Gasteiger partial charge in [0, 0.05) is 31.4 Å². The molecule has 6 nitrogen and oxygen atoms in total. The Kier molecular flexibility index (Phi) is 2.91. The molecule has 6 heteroatoms. The molecule has 1 aromatic heterocycles. The summed E-state index contributed by atoms with van der Waals surface area (Å²) in [5.41, 5.74) is -0.129. The fraction of sp³-hybridized carbons (Fsp3) is 0.700. The summed E-state index contributed by atoms with van der Waals surface area (Å²) in [6.45, 7) is 6.84. The summed E-state index contributed by atoms with van der Waals surface area (Å²) in [4.78, 5) is 14.0. The smallest absolute Gasteiger partial charge is 0.244 e. The third-order valence-electron chi connectivity index (χ3n) is 2.87. The first-order valence-corrected chi connectivity index (χ1v) is 5.45. The van der Waals surface area contributed by atoms with E-state index in [0.717, 1.165) is 19.6 Å². The summed E-state index contributed by atoms with van der Waals surface area (Å²) < 4.78 is 1.56. The van der Waals surface area contributed by atoms with E-state index in [1.54, 1.807) is 17.1 Å². The van der Waals surface area contributed by atoms with Crippen LogP contribution in [0.5, 0.6) is 0 Å². The summed E-state index contributed by atoms with van der Waals surface area (Å²) >= 11 is 0. The molecule has 1 saturated heterocycles. The van der Waals surface area contributed by atoms with E-state index in [-0.39, 0.29) is 18.0 Å². The van der Waals surface area contributed by atoms with Crippen LogP contribution in [0, 0.1) is 0 Å². The monoisotopic (exact) mass is 223 g/mol. The zero-order chi connectivity index (χ0) is 11.6. The van der Waals surface area contributed by atoms with Gasteiger partial charge in [-0.1, -0.05) is 5.21 Å². The minimum Gasteiger partial charge on any atom is -0.333 e. The molecule has 1 aliphatic heterocycles. The highest BCUT2D eigenvalue weighted by atomic mass is 16.2. The molecule has 2 rings (SSSR count). The molecular formula is C10H17N5O. The Balaban J connectivity index is 2.03. The number of amides is 1. The lowest BCUT2D eigenvalue weighted by molar-refractivity contribution is -0.138. The molecule has 0 radical (unpaired) electrons. The average molecular weight is 223 g/mol. The number of rotatable bonds is 2. The maximum Gasteiger partial charge on any atom is 0.244 e. The molecule has 0 aromatic carbocycles. The van der Waals surface area contributed by atoms with E-state index in [1.165, 1.54) is 0 Å². The first-order chi connectivity index (χ1) is 7.59. The number of carbonyl (C=O) groups is 1. The quantitative estimate of drug-likeness (QED) is 0.733. The van der Waals surface area contributed by atoms with Crippen LogP contribution < -0.4 is 5.32 Å². The van der Waals surface area contributed by atoms with Gasteiger partial charge in [0.1, 0.15) is 6.54 Å². The number of hydrogen-bond acceptors (Lipinski definition) is 4. The lowest BCUT2D eigenvalue weighted by atomic mass is 10.00. The second-order valence-corrected chi connectivity index (χ2v) is 4.64. The fourth-order valence-corrected chi connectivity index (χ4v) is 1.99. The molecule has 0 atom stereocenters. The van der Waals surface area contributed by atoms with Crippen molar-refractivity contribution in [1.82, 2.24) is 25.2 Å². The average Bonchev–Trinajstić information content (AvgIpc) is 2.69. The van der Waals surface area contributed by atoms with Crippen molar-refractivity contribution in [3.63, 3.8) is 0 Å². The van der Waals surface area contributed by atoms with Gasteiger partial charge in [-0.15, -0.1) is 5.10 Å². The van der Waals surface area contributed by atoms with Gasteiger partial charge in [0.2, 0.25) is 5.91 Å². The van der Waals surface area contributed by atoms with Crippen LogP contribution in [0.1, 0.15) is 13.8 Å². The Hall–Kier alpha value is -1.43. The Morgan fingerprint density at radius 3 is 3.00 bits per heavy atom. The number of nitrogens with zero attached hydrogens (tertiary/aromatic N) is 4. The third kappa shape index (κ3) is 2.21. The molecule has 1 aliphatic rings. The molecule has 16 heavy (non-hydrogen) atoms. The van der Waals surface area contributed by atoms with E-state index in [2.05, 4.69) is 29.5 Å². The molecule has 1 aromatic rings. The van der Waals surface area contributed by atoms with Crippen LogP contribution in [-0.2, 0) is 11.3 Å². The van der Waals surface area contributed by atoms with Gasteiger partial charge in [0.25, 0.3) is 0 Å². The SMILES string of the molecule is CC1(C)CNCCN1C(=O)Cn1ccnn1. The van der Waals surface area contributed by atoms with Gasteiger partial charge in [-0.05, 0) is 13.8 Å². The van der Waals surface area contributed by atoms with Crippen LogP contribution in [-0.4, -0.2) is 51.0 Å². The van der Waals surface area contributed by atoms with Gasteiger partial charge in [-0.25, -0.2) is 4.68 Å². The molecular weight excluding hydrogens is 206 g/mol. The van der Waals surface area contributed by atoms with Crippen LogP contribution in [0.2, 0.25) is 0 Å². The van der Waals surface area contributed by atoms with E-state index in [4.69, 9.17) is 0 Å². The highest BCUT2D eigenvalue weighted by Gasteiger charge is 2.33. The van der Waals surface area contributed by atoms with E-state index < -0.39 is 0 Å². The van der Waals surface area contributed by atoms with Crippen molar-refractivity contribution in [2.75, 3.05) is 19.6 Å². The lowest BCUT2D eigenvalue weighted by Crippen LogP contribution is -2.60. The first-order valence-electron chi connectivity index (χ1n) is 5.45. The highest BCUT2D eigenvalue weighted by molar-refractivity contribution is 5.76. The van der Waals surface area contributed by atoms with Crippen molar-refractivity contribution in [3.05, 3.63) is 12.4 Å². The van der Waals surface area contributed by atoms with Crippen LogP contribution in [0.15, 0.2) is 12.4 Å². The highest BCUT2D eigenvalue weighted by Crippen LogP contribution is 2.16. The van der Waals surface area contributed by atoms with Gasteiger partial charge >= 0.3 is 0 Å². The summed E-state index contributed by atoms with van der Waals surface area (Å²) in [6.07, 6.45) is 3.28. The summed E-state index contributed by atoms with van der Waals surface area (Å²) in [5, 5.41) is 10.8. The van der Waals surface area contributed by atoms with E-state index >= 15 is 0 Å². The van der Waals surface area contributed by atoms with Crippen LogP contribution in [0.3, 0.4) is 0 Å². The van der Waals surface area contributed by atoms with E-state index in [0.29, 0.717) is 0 Å². The van der Waals surface area contributed by atoms with E-state index in [9.17, 15) is 4.79 Å². The summed E-state index contributed by atoms with van der Waals surface area (Å²) in [7, 11) is 0. The second kappa shape index (κ2) is 4.21. The van der Waals surface area contributed by atoms with Crippen molar-refractivity contribution in [2.24, 2.45) is 0 Å². The molecule has 88 valence electrons. The molecule has 2 heterocycles. The predicted octanol–water partition coefficient (Wildman–Crippen LogP) is -0.511. The number of nitrogens with one attached hydrogen (secondary N) is 1. The minimum atomic E-state index is -0.129. The first kappa shape index (κ1) is 11.1. The molecule has 0 spiro atoms. The Labute approximate surface area is 94.6 Å². The largest absolute Gasteiger partial charge is 0.333 e. The van der Waals surface area contributed by atoms with Crippen LogP contribution >= 0.6 is 0 Å². The summed E-state index contributed by atoms with van der Waals surface area (Å²) in [6, 6.07) is 0. The fourth-order valence-electron chi connectivity index (χ4n) is 1.99. The normalized spacial score (nSPS) is 19.8. The molecule has 1 fully saturated rings. The van der Waals surface area contributed by atoms with Crippen molar-refractivity contribution < 1.29 is 4.79 Å². The number of carbonyl (C=O) groups excluding carboxylic acids is 1. The molecule has 0 aliphatic carbocycles. The Bertz CT molecular complexity index is 359. The standard InChI is InChI=1S/C10H17N5O/c1-10(2)8-11-3-6-15(10)9(16)7-14-5-4-12-13-14/h4-5,11H,3,6-8H2,1-2H3. The van der Waals surface area contributed by atoms with Crippen LogP contribution in [0.25, 0.3) is 0 Å². The van der Waals surface area contributed by atoms with Crippen molar-refractivity contribution >= 4 is 5.91 Å². The number of piperazine rings is 1. The zero-order valence-corrected chi connectivity index (χ0v) is 9.68. The Morgan fingerprint density at radius 1 is 1.56 bits per heavy atom. The topological polar surface area (TPSA) is 63.1 Å². The molecule has 1 amide bonds. The second-order valence-electron chi connectivity index (χ2n) is 4.64. The molecule has 0 unspecified atom stereocenters. The third-order valence-corrected chi connectivity index (χ3v) is 2.87. The molecule has 0 bridgehead atoms. The van der Waals surface area contributed by atoms with Gasteiger partial charge < -0.3 is 10.2 Å². The maximum atomic E-state index is 12.1. The van der Waals surface area contributed by atoms with Gasteiger partial charge in [-0.3, -0.25) is 4.79 Å². The van der Waals surface area contributed by atoms with Crippen LogP contribution in [0.4, 0.5) is 0 Å². The summed E-state index contributed by atoms with van der Waals surface area (Å²) in [5.74, 6) is 0.0944. The van der Waals surface area contributed by atoms with Crippen molar-refractivity contribution in [1.29, 1.82) is 0 Å². The number of aromatic nitrogens is 3. The minimum absolute atomic E-state index is 0.0944. The van der Waals surface area contributed by atoms with Crippen molar-refractivity contribution in [3.8, 4) is 0 Å². The number of hydrogen-bond donors (Lipinski definition) is 1. The zero-order valence-electron chi connectivity index (χ0n) is 9.68. The molecule has 0 saturated carbocycles. The lowest BCUT2D eigenvalue weighted by Gasteiger charge is -2.42. The Morgan fingerprint density at radius 2 is 2.38 bits per heavy atom. The van der Waals surface area contributed by atoms with Crippen molar-refractivity contribution in [2.45, 2.75) is 25.9 Å². The van der Waals surface area contributed by atoms with E-state index in [1.807, 2.05) is 4.90 Å². The van der Waals surface area contributed by atoms with Gasteiger partial charge in [0.15, 0.2) is 0 Å². The van der Waals surface area contributed by atoms with Gasteiger partial charge in [-0.2, -0.15) is 0 Å². The predicted molar refractivity (Wildman–Crippen MR) is 58.7 cm³/mol. The van der Waals surface area contributed by atoms with Gasteiger partial charge in [0.05, 0.1) is 6.20 Å². The maximum absolute atomic E-state index is 12.1. The molecule has 1 N–H and O–H groups in total.